The summed E-state index contributed by atoms with van der Waals surface area (Å²) in [5.41, 5.74) is 7.99. The van der Waals surface area contributed by atoms with Crippen molar-refractivity contribution in [2.45, 2.75) is 33.4 Å². The van der Waals surface area contributed by atoms with Crippen LogP contribution in [0, 0.1) is 6.92 Å². The number of nitrogens with zero attached hydrogens (tertiary/aromatic N) is 5. The summed E-state index contributed by atoms with van der Waals surface area (Å²) in [7, 11) is 0. The zero-order valence-electron chi connectivity index (χ0n) is 13.7. The molecule has 0 radical (unpaired) electrons. The molecule has 0 fully saturated rings. The smallest absolute Gasteiger partial charge is 0.328 e. The first kappa shape index (κ1) is 16.1. The van der Waals surface area contributed by atoms with E-state index in [1.54, 1.807) is 19.3 Å². The van der Waals surface area contributed by atoms with Crippen LogP contribution in [0.5, 0.6) is 0 Å². The Kier molecular flexibility index (Phi) is 4.52. The molecular formula is C15H20N8O. The highest BCUT2D eigenvalue weighted by Crippen LogP contribution is 2.14. The van der Waals surface area contributed by atoms with Crippen LogP contribution in [-0.2, 0) is 13.1 Å². The highest BCUT2D eigenvalue weighted by Gasteiger charge is 2.13. The van der Waals surface area contributed by atoms with Crippen LogP contribution in [0.1, 0.15) is 30.6 Å². The minimum atomic E-state index is -0.299. The SMILES string of the molecule is CCCNCc1cnc(Cn2c(=O)[nH]c3c(N)nc(C)nc32)cn1. The van der Waals surface area contributed by atoms with E-state index in [9.17, 15) is 4.79 Å². The molecule has 0 saturated carbocycles. The first-order valence-electron chi connectivity index (χ1n) is 7.81. The molecule has 0 amide bonds. The van der Waals surface area contributed by atoms with Gasteiger partial charge in [0.15, 0.2) is 11.5 Å². The maximum absolute atomic E-state index is 12.2. The van der Waals surface area contributed by atoms with E-state index < -0.39 is 0 Å². The van der Waals surface area contributed by atoms with E-state index in [1.807, 2.05) is 0 Å². The summed E-state index contributed by atoms with van der Waals surface area (Å²) in [6.45, 7) is 5.73. The molecule has 24 heavy (non-hydrogen) atoms. The summed E-state index contributed by atoms with van der Waals surface area (Å²) in [6.07, 6.45) is 4.46. The largest absolute Gasteiger partial charge is 0.382 e. The summed E-state index contributed by atoms with van der Waals surface area (Å²) in [5.74, 6) is 0.771. The fourth-order valence-corrected chi connectivity index (χ4v) is 2.42. The normalized spacial score (nSPS) is 11.2. The van der Waals surface area contributed by atoms with Gasteiger partial charge < -0.3 is 16.0 Å². The summed E-state index contributed by atoms with van der Waals surface area (Å²) in [5, 5.41) is 3.27. The fraction of sp³-hybridized carbons (Fsp3) is 0.400. The zero-order chi connectivity index (χ0) is 17.1. The van der Waals surface area contributed by atoms with Gasteiger partial charge in [-0.05, 0) is 19.9 Å². The van der Waals surface area contributed by atoms with Crippen LogP contribution < -0.4 is 16.7 Å². The quantitative estimate of drug-likeness (QED) is 0.557. The number of anilines is 1. The Balaban J connectivity index is 1.85. The first-order chi connectivity index (χ1) is 11.6. The number of H-pyrrole nitrogens is 1. The van der Waals surface area contributed by atoms with Crippen molar-refractivity contribution in [3.8, 4) is 0 Å². The molecule has 0 aliphatic rings. The molecule has 0 spiro atoms. The number of aromatic nitrogens is 6. The van der Waals surface area contributed by atoms with Crippen LogP contribution in [0.2, 0.25) is 0 Å². The zero-order valence-corrected chi connectivity index (χ0v) is 13.7. The molecule has 3 aromatic rings. The average molecular weight is 328 g/mol. The van der Waals surface area contributed by atoms with Crippen molar-refractivity contribution in [1.82, 2.24) is 34.8 Å². The van der Waals surface area contributed by atoms with E-state index in [-0.39, 0.29) is 18.1 Å². The maximum atomic E-state index is 12.2. The number of imidazole rings is 1. The van der Waals surface area contributed by atoms with Crippen molar-refractivity contribution in [3.63, 3.8) is 0 Å². The topological polar surface area (TPSA) is 127 Å². The Hall–Kier alpha value is -2.81. The van der Waals surface area contributed by atoms with Gasteiger partial charge in [-0.15, -0.1) is 0 Å². The third-order valence-electron chi connectivity index (χ3n) is 3.57. The van der Waals surface area contributed by atoms with Gasteiger partial charge in [0.1, 0.15) is 11.3 Å². The molecule has 0 saturated heterocycles. The van der Waals surface area contributed by atoms with E-state index >= 15 is 0 Å². The second kappa shape index (κ2) is 6.75. The van der Waals surface area contributed by atoms with Crippen molar-refractivity contribution >= 4 is 17.0 Å². The van der Waals surface area contributed by atoms with Gasteiger partial charge in [0.05, 0.1) is 30.3 Å². The lowest BCUT2D eigenvalue weighted by atomic mass is 10.3. The van der Waals surface area contributed by atoms with Crippen molar-refractivity contribution in [2.75, 3.05) is 12.3 Å². The van der Waals surface area contributed by atoms with Crippen LogP contribution in [-0.4, -0.2) is 36.0 Å². The second-order valence-corrected chi connectivity index (χ2v) is 5.55. The Morgan fingerprint density at radius 1 is 1.25 bits per heavy atom. The van der Waals surface area contributed by atoms with E-state index in [0.717, 1.165) is 18.7 Å². The Bertz CT molecular complexity index is 896. The van der Waals surface area contributed by atoms with Gasteiger partial charge >= 0.3 is 5.69 Å². The Labute approximate surface area is 138 Å². The molecule has 9 heteroatoms. The highest BCUT2D eigenvalue weighted by atomic mass is 16.1. The third-order valence-corrected chi connectivity index (χ3v) is 3.57. The second-order valence-electron chi connectivity index (χ2n) is 5.55. The van der Waals surface area contributed by atoms with Crippen LogP contribution in [0.25, 0.3) is 11.2 Å². The van der Waals surface area contributed by atoms with Gasteiger partial charge in [0.25, 0.3) is 0 Å². The number of hydrogen-bond donors (Lipinski definition) is 3. The minimum absolute atomic E-state index is 0.261. The molecular weight excluding hydrogens is 308 g/mol. The minimum Gasteiger partial charge on any atom is -0.382 e. The van der Waals surface area contributed by atoms with E-state index in [1.165, 1.54) is 4.57 Å². The Morgan fingerprint density at radius 2 is 2.00 bits per heavy atom. The van der Waals surface area contributed by atoms with E-state index in [4.69, 9.17) is 5.73 Å². The number of aromatic amines is 1. The lowest BCUT2D eigenvalue weighted by Crippen LogP contribution is -2.19. The molecule has 3 aromatic heterocycles. The number of aryl methyl sites for hydroxylation is 1. The van der Waals surface area contributed by atoms with Gasteiger partial charge in [-0.3, -0.25) is 14.5 Å². The average Bonchev–Trinajstić information content (AvgIpc) is 2.86. The molecule has 3 rings (SSSR count). The van der Waals surface area contributed by atoms with Crippen molar-refractivity contribution in [1.29, 1.82) is 0 Å². The van der Waals surface area contributed by atoms with Gasteiger partial charge in [-0.25, -0.2) is 14.8 Å². The number of hydrogen-bond acceptors (Lipinski definition) is 7. The Morgan fingerprint density at radius 3 is 2.71 bits per heavy atom. The standard InChI is InChI=1S/C15H20N8O/c1-3-4-17-5-10-6-19-11(7-18-10)8-23-14-12(22-15(23)24)13(16)20-9(2)21-14/h6-7,17H,3-5,8H2,1-2H3,(H,22,24)(H2,16,20,21). The molecule has 0 atom stereocenters. The summed E-state index contributed by atoms with van der Waals surface area (Å²) in [6, 6.07) is 0. The molecule has 0 aromatic carbocycles. The summed E-state index contributed by atoms with van der Waals surface area (Å²) >= 11 is 0. The molecule has 126 valence electrons. The molecule has 9 nitrogen and oxygen atoms in total. The van der Waals surface area contributed by atoms with Crippen LogP contribution in [0.4, 0.5) is 5.82 Å². The van der Waals surface area contributed by atoms with Crippen LogP contribution in [0.3, 0.4) is 0 Å². The van der Waals surface area contributed by atoms with Gasteiger partial charge in [-0.2, -0.15) is 0 Å². The third kappa shape index (κ3) is 3.25. The lowest BCUT2D eigenvalue weighted by molar-refractivity contribution is 0.658. The number of fused-ring (bicyclic) bond motifs is 1. The summed E-state index contributed by atoms with van der Waals surface area (Å²) < 4.78 is 1.49. The lowest BCUT2D eigenvalue weighted by Gasteiger charge is -2.05. The molecule has 0 aliphatic heterocycles. The van der Waals surface area contributed by atoms with Crippen molar-refractivity contribution in [3.05, 3.63) is 40.1 Å². The predicted molar refractivity (Wildman–Crippen MR) is 90.4 cm³/mol. The molecule has 0 bridgehead atoms. The molecule has 4 N–H and O–H groups in total. The molecule has 3 heterocycles. The molecule has 0 aliphatic carbocycles. The number of nitrogens with two attached hydrogens (primary N) is 1. The van der Waals surface area contributed by atoms with E-state index in [2.05, 4.69) is 37.2 Å². The van der Waals surface area contributed by atoms with Gasteiger partial charge in [0.2, 0.25) is 0 Å². The predicted octanol–water partition coefficient (Wildman–Crippen LogP) is 0.348. The first-order valence-corrected chi connectivity index (χ1v) is 7.81. The maximum Gasteiger partial charge on any atom is 0.328 e. The number of rotatable bonds is 6. The fourth-order valence-electron chi connectivity index (χ4n) is 2.42. The van der Waals surface area contributed by atoms with Gasteiger partial charge in [0, 0.05) is 6.54 Å². The monoisotopic (exact) mass is 328 g/mol. The molecule has 0 unspecified atom stereocenters. The summed E-state index contributed by atoms with van der Waals surface area (Å²) in [4.78, 5) is 32.0. The number of nitrogens with one attached hydrogen (secondary N) is 2. The van der Waals surface area contributed by atoms with Crippen molar-refractivity contribution in [2.24, 2.45) is 0 Å². The van der Waals surface area contributed by atoms with E-state index in [0.29, 0.717) is 29.2 Å². The number of nitrogen functional groups attached to an aromatic ring is 1. The van der Waals surface area contributed by atoms with Crippen LogP contribution >= 0.6 is 0 Å². The van der Waals surface area contributed by atoms with Gasteiger partial charge in [-0.1, -0.05) is 6.92 Å². The van der Waals surface area contributed by atoms with Crippen LogP contribution in [0.15, 0.2) is 17.2 Å². The van der Waals surface area contributed by atoms with Crippen molar-refractivity contribution < 1.29 is 0 Å². The highest BCUT2D eigenvalue weighted by molar-refractivity contribution is 5.81.